The van der Waals surface area contributed by atoms with Crippen LogP contribution < -0.4 is 25.8 Å². The second-order valence-corrected chi connectivity index (χ2v) is 6.40. The van der Waals surface area contributed by atoms with Crippen LogP contribution in [0.1, 0.15) is 38.7 Å². The number of pyridine rings is 1. The van der Waals surface area contributed by atoms with Gasteiger partial charge in [0.2, 0.25) is 5.91 Å². The van der Waals surface area contributed by atoms with Crippen molar-refractivity contribution in [3.8, 4) is 11.6 Å². The lowest BCUT2D eigenvalue weighted by Gasteiger charge is -2.13. The lowest BCUT2D eigenvalue weighted by molar-refractivity contribution is -0.154. The topological polar surface area (TPSA) is 116 Å². The number of hydrogen-bond acceptors (Lipinski definition) is 6. The number of amides is 2. The van der Waals surface area contributed by atoms with E-state index in [0.29, 0.717) is 24.8 Å². The average molecular weight is 444 g/mol. The predicted octanol–water partition coefficient (Wildman–Crippen LogP) is 2.70. The molecule has 1 heterocycles. The Morgan fingerprint density at radius 1 is 1.29 bits per heavy atom. The highest BCUT2D eigenvalue weighted by Gasteiger charge is 2.29. The van der Waals surface area contributed by atoms with Gasteiger partial charge in [-0.2, -0.15) is 13.2 Å². The summed E-state index contributed by atoms with van der Waals surface area (Å²) in [4.78, 5) is 27.9. The zero-order valence-corrected chi connectivity index (χ0v) is 17.6. The minimum Gasteiger partial charge on any atom is -0.491 e. The molecule has 0 saturated heterocycles. The van der Waals surface area contributed by atoms with Crippen molar-refractivity contribution in [3.05, 3.63) is 41.4 Å². The Labute approximate surface area is 178 Å². The van der Waals surface area contributed by atoms with Crippen molar-refractivity contribution in [1.82, 2.24) is 15.6 Å². The number of alkyl halides is 3. The summed E-state index contributed by atoms with van der Waals surface area (Å²) < 4.78 is 46.6. The minimum absolute atomic E-state index is 0.00287. The largest absolute Gasteiger partial charge is 0.491 e. The van der Waals surface area contributed by atoms with Gasteiger partial charge in [0.05, 0.1) is 7.11 Å². The molecule has 0 atom stereocenters. The Bertz CT molecular complexity index is 823. The van der Waals surface area contributed by atoms with Crippen LogP contribution in [-0.4, -0.2) is 36.7 Å². The smallest absolute Gasteiger partial charge is 0.422 e. The Balaban J connectivity index is 2.81. The van der Waals surface area contributed by atoms with E-state index in [1.165, 1.54) is 25.4 Å². The minimum atomic E-state index is -4.51. The van der Waals surface area contributed by atoms with Crippen LogP contribution in [0.3, 0.4) is 0 Å². The summed E-state index contributed by atoms with van der Waals surface area (Å²) in [6, 6.07) is 1.41. The Hall–Kier alpha value is -3.24. The van der Waals surface area contributed by atoms with Gasteiger partial charge in [-0.25, -0.2) is 4.98 Å². The molecule has 0 aliphatic carbocycles. The molecule has 172 valence electrons. The number of hydrogen-bond donors (Lipinski definition) is 3. The molecule has 0 saturated carbocycles. The molecule has 1 aromatic rings. The number of aromatic nitrogens is 1. The van der Waals surface area contributed by atoms with Gasteiger partial charge in [0.1, 0.15) is 5.82 Å². The van der Waals surface area contributed by atoms with Gasteiger partial charge in [-0.3, -0.25) is 9.59 Å². The fourth-order valence-corrected chi connectivity index (χ4v) is 2.35. The third-order valence-electron chi connectivity index (χ3n) is 3.68. The normalized spacial score (nSPS) is 12.3. The highest BCUT2D eigenvalue weighted by Crippen LogP contribution is 2.27. The highest BCUT2D eigenvalue weighted by atomic mass is 19.4. The monoisotopic (exact) mass is 444 g/mol. The van der Waals surface area contributed by atoms with E-state index in [9.17, 15) is 22.8 Å². The zero-order valence-electron chi connectivity index (χ0n) is 17.6. The summed E-state index contributed by atoms with van der Waals surface area (Å²) in [7, 11) is 1.27. The summed E-state index contributed by atoms with van der Waals surface area (Å²) in [6.07, 6.45) is 1.29. The number of rotatable bonds is 11. The first-order chi connectivity index (χ1) is 14.6. The average Bonchev–Trinajstić information content (AvgIpc) is 2.69. The van der Waals surface area contributed by atoms with Crippen molar-refractivity contribution in [2.75, 3.05) is 13.7 Å². The van der Waals surface area contributed by atoms with E-state index in [-0.39, 0.29) is 35.5 Å². The molecule has 0 aromatic carbocycles. The first-order valence-corrected chi connectivity index (χ1v) is 9.57. The van der Waals surface area contributed by atoms with Crippen LogP contribution in [0.25, 0.3) is 0 Å². The highest BCUT2D eigenvalue weighted by molar-refractivity contribution is 5.96. The molecule has 11 heteroatoms. The van der Waals surface area contributed by atoms with Gasteiger partial charge >= 0.3 is 6.18 Å². The third-order valence-corrected chi connectivity index (χ3v) is 3.68. The standard InChI is InChI=1S/C20H27F3N4O4/c1-4-6-14(9-16(24)27-17(28)7-5-2)18(29)25-10-13-8-15(30-3)19(26-11-13)31-12-20(21,22)23/h6,8-9,11H,4-5,7,10,12,24H2,1-3H3,(H,25,29)(H,27,28)/b14-6+,16-9+. The summed E-state index contributed by atoms with van der Waals surface area (Å²) in [5, 5.41) is 5.16. The van der Waals surface area contributed by atoms with Crippen molar-refractivity contribution >= 4 is 11.8 Å². The molecule has 1 aromatic heterocycles. The van der Waals surface area contributed by atoms with Crippen molar-refractivity contribution in [2.24, 2.45) is 5.73 Å². The Kier molecular flexibility index (Phi) is 10.4. The number of ether oxygens (including phenoxy) is 2. The second-order valence-electron chi connectivity index (χ2n) is 6.40. The van der Waals surface area contributed by atoms with Crippen molar-refractivity contribution in [1.29, 1.82) is 0 Å². The fraction of sp³-hybridized carbons (Fsp3) is 0.450. The summed E-state index contributed by atoms with van der Waals surface area (Å²) in [5.74, 6) is -0.963. The number of halogens is 3. The molecule has 0 unspecified atom stereocenters. The molecule has 0 fully saturated rings. The number of allylic oxidation sites excluding steroid dienone is 1. The number of nitrogens with one attached hydrogen (secondary N) is 2. The van der Waals surface area contributed by atoms with Crippen LogP contribution in [0.5, 0.6) is 11.6 Å². The van der Waals surface area contributed by atoms with Gasteiger partial charge < -0.3 is 25.8 Å². The molecular formula is C20H27F3N4O4. The van der Waals surface area contributed by atoms with Crippen LogP contribution in [0.15, 0.2) is 35.8 Å². The van der Waals surface area contributed by atoms with E-state index < -0.39 is 18.7 Å². The maximum Gasteiger partial charge on any atom is 0.422 e. The van der Waals surface area contributed by atoms with E-state index in [0.717, 1.165) is 0 Å². The maximum absolute atomic E-state index is 12.5. The van der Waals surface area contributed by atoms with Gasteiger partial charge in [0, 0.05) is 24.7 Å². The molecule has 4 N–H and O–H groups in total. The van der Waals surface area contributed by atoms with Gasteiger partial charge in [-0.05, 0) is 30.5 Å². The number of nitrogens with zero attached hydrogens (tertiary/aromatic N) is 1. The molecule has 0 bridgehead atoms. The molecule has 0 aliphatic rings. The molecule has 31 heavy (non-hydrogen) atoms. The van der Waals surface area contributed by atoms with Crippen molar-refractivity contribution < 1.29 is 32.2 Å². The second kappa shape index (κ2) is 12.5. The molecule has 0 aliphatic heterocycles. The van der Waals surface area contributed by atoms with Crippen LogP contribution in [-0.2, 0) is 16.1 Å². The van der Waals surface area contributed by atoms with Crippen LogP contribution >= 0.6 is 0 Å². The predicted molar refractivity (Wildman–Crippen MR) is 108 cm³/mol. The number of carbonyl (C=O) groups is 2. The third kappa shape index (κ3) is 9.87. The number of carbonyl (C=O) groups excluding carboxylic acids is 2. The maximum atomic E-state index is 12.5. The van der Waals surface area contributed by atoms with Gasteiger partial charge in [0.25, 0.3) is 11.8 Å². The molecule has 0 radical (unpaired) electrons. The van der Waals surface area contributed by atoms with Gasteiger partial charge in [-0.1, -0.05) is 19.9 Å². The Morgan fingerprint density at radius 3 is 2.58 bits per heavy atom. The fourth-order valence-electron chi connectivity index (χ4n) is 2.35. The SMILES string of the molecule is CC/C=C(\C=C(/N)NC(=O)CCC)C(=O)NCc1cnc(OCC(F)(F)F)c(OC)c1. The van der Waals surface area contributed by atoms with E-state index in [1.807, 2.05) is 13.8 Å². The van der Waals surface area contributed by atoms with Crippen molar-refractivity contribution in [3.63, 3.8) is 0 Å². The molecular weight excluding hydrogens is 417 g/mol. The van der Waals surface area contributed by atoms with E-state index >= 15 is 0 Å². The van der Waals surface area contributed by atoms with Crippen LogP contribution in [0.2, 0.25) is 0 Å². The quantitative estimate of drug-likeness (QED) is 0.357. The molecule has 8 nitrogen and oxygen atoms in total. The lowest BCUT2D eigenvalue weighted by atomic mass is 10.2. The van der Waals surface area contributed by atoms with Gasteiger partial charge in [0.15, 0.2) is 12.4 Å². The summed E-state index contributed by atoms with van der Waals surface area (Å²) >= 11 is 0. The molecule has 0 spiro atoms. The number of nitrogens with two attached hydrogens (primary N) is 1. The van der Waals surface area contributed by atoms with E-state index in [2.05, 4.69) is 20.4 Å². The van der Waals surface area contributed by atoms with E-state index in [4.69, 9.17) is 10.5 Å². The van der Waals surface area contributed by atoms with E-state index in [1.54, 1.807) is 6.08 Å². The van der Waals surface area contributed by atoms with Gasteiger partial charge in [-0.15, -0.1) is 0 Å². The number of methoxy groups -OCH3 is 1. The summed E-state index contributed by atoms with van der Waals surface area (Å²) in [5.41, 5.74) is 6.51. The van der Waals surface area contributed by atoms with Crippen molar-refractivity contribution in [2.45, 2.75) is 45.8 Å². The first-order valence-electron chi connectivity index (χ1n) is 9.57. The zero-order chi connectivity index (χ0) is 23.4. The molecule has 1 rings (SSSR count). The van der Waals surface area contributed by atoms with Crippen LogP contribution in [0.4, 0.5) is 13.2 Å². The molecule has 2 amide bonds. The lowest BCUT2D eigenvalue weighted by Crippen LogP contribution is -2.29. The van der Waals surface area contributed by atoms with Crippen LogP contribution in [0, 0.1) is 0 Å². The Morgan fingerprint density at radius 2 is 2.00 bits per heavy atom. The summed E-state index contributed by atoms with van der Waals surface area (Å²) in [6.45, 7) is 2.22. The first kappa shape index (κ1) is 25.8.